The van der Waals surface area contributed by atoms with E-state index in [-0.39, 0.29) is 0 Å². The fourth-order valence-corrected chi connectivity index (χ4v) is 4.00. The van der Waals surface area contributed by atoms with Gasteiger partial charge in [-0.1, -0.05) is 39.0 Å². The van der Waals surface area contributed by atoms with Crippen molar-refractivity contribution in [3.05, 3.63) is 0 Å². The topological polar surface area (TPSA) is 26.0 Å². The number of hydrogen-bond donors (Lipinski definition) is 1. The molecule has 16 heavy (non-hydrogen) atoms. The van der Waals surface area contributed by atoms with Crippen molar-refractivity contribution >= 4 is 0 Å². The Bertz CT molecular complexity index is 205. The summed E-state index contributed by atoms with van der Waals surface area (Å²) in [6, 6.07) is 0.495. The van der Waals surface area contributed by atoms with Crippen LogP contribution in [-0.2, 0) is 0 Å². The van der Waals surface area contributed by atoms with Crippen LogP contribution < -0.4 is 5.73 Å². The standard InChI is InChI=1S/C15H29N/c1-15(11-4-5-12-15)13-7-2-3-9-14(16)10-6-8-13/h13-14H,2-12,16H2,1H3. The summed E-state index contributed by atoms with van der Waals surface area (Å²) in [5, 5.41) is 0. The molecule has 1 heteroatoms. The molecule has 1 nitrogen and oxygen atoms in total. The van der Waals surface area contributed by atoms with E-state index in [0.717, 1.165) is 5.92 Å². The molecule has 2 unspecified atom stereocenters. The lowest BCUT2D eigenvalue weighted by Gasteiger charge is -2.34. The van der Waals surface area contributed by atoms with Crippen LogP contribution >= 0.6 is 0 Å². The van der Waals surface area contributed by atoms with Crippen LogP contribution in [0.1, 0.15) is 77.6 Å². The zero-order valence-electron chi connectivity index (χ0n) is 11.0. The van der Waals surface area contributed by atoms with Gasteiger partial charge in [0.1, 0.15) is 0 Å². The van der Waals surface area contributed by atoms with E-state index in [1.807, 2.05) is 0 Å². The molecule has 2 rings (SSSR count). The van der Waals surface area contributed by atoms with Gasteiger partial charge in [0.25, 0.3) is 0 Å². The summed E-state index contributed by atoms with van der Waals surface area (Å²) < 4.78 is 0. The first kappa shape index (κ1) is 12.4. The molecular formula is C15H29N. The van der Waals surface area contributed by atoms with Crippen LogP contribution in [0.15, 0.2) is 0 Å². The lowest BCUT2D eigenvalue weighted by Crippen LogP contribution is -2.24. The van der Waals surface area contributed by atoms with E-state index >= 15 is 0 Å². The van der Waals surface area contributed by atoms with Gasteiger partial charge in [0.2, 0.25) is 0 Å². The Morgan fingerprint density at radius 1 is 0.812 bits per heavy atom. The van der Waals surface area contributed by atoms with Crippen molar-refractivity contribution < 1.29 is 0 Å². The van der Waals surface area contributed by atoms with Crippen molar-refractivity contribution in [2.24, 2.45) is 17.1 Å². The second kappa shape index (κ2) is 5.53. The van der Waals surface area contributed by atoms with Gasteiger partial charge in [0, 0.05) is 6.04 Å². The van der Waals surface area contributed by atoms with Gasteiger partial charge >= 0.3 is 0 Å². The quantitative estimate of drug-likeness (QED) is 0.706. The number of rotatable bonds is 1. The third-order valence-electron chi connectivity index (χ3n) is 5.24. The molecule has 0 aromatic carbocycles. The molecule has 0 saturated heterocycles. The summed E-state index contributed by atoms with van der Waals surface area (Å²) in [6.45, 7) is 2.56. The maximum Gasteiger partial charge on any atom is 0.00388 e. The van der Waals surface area contributed by atoms with Crippen molar-refractivity contribution in [3.63, 3.8) is 0 Å². The molecule has 2 saturated carbocycles. The van der Waals surface area contributed by atoms with Crippen LogP contribution in [-0.4, -0.2) is 6.04 Å². The van der Waals surface area contributed by atoms with Crippen molar-refractivity contribution in [2.75, 3.05) is 0 Å². The Morgan fingerprint density at radius 3 is 2.12 bits per heavy atom. The monoisotopic (exact) mass is 223 g/mol. The van der Waals surface area contributed by atoms with Gasteiger partial charge in [-0.05, 0) is 49.9 Å². The zero-order chi connectivity index (χ0) is 11.4. The smallest absolute Gasteiger partial charge is 0.00388 e. The average Bonchev–Trinajstić information content (AvgIpc) is 2.72. The Balaban J connectivity index is 1.92. The van der Waals surface area contributed by atoms with Gasteiger partial charge in [-0.15, -0.1) is 0 Å². The highest BCUT2D eigenvalue weighted by Gasteiger charge is 2.36. The molecule has 0 aliphatic heterocycles. The highest BCUT2D eigenvalue weighted by molar-refractivity contribution is 4.87. The molecule has 0 spiro atoms. The van der Waals surface area contributed by atoms with Gasteiger partial charge in [-0.3, -0.25) is 0 Å². The predicted octanol–water partition coefficient (Wildman–Crippen LogP) is 4.25. The number of hydrogen-bond acceptors (Lipinski definition) is 1. The fraction of sp³-hybridized carbons (Fsp3) is 1.00. The van der Waals surface area contributed by atoms with E-state index in [1.165, 1.54) is 70.6 Å². The van der Waals surface area contributed by atoms with E-state index in [0.29, 0.717) is 11.5 Å². The first-order valence-corrected chi connectivity index (χ1v) is 7.46. The van der Waals surface area contributed by atoms with Gasteiger partial charge in [-0.25, -0.2) is 0 Å². The first-order valence-electron chi connectivity index (χ1n) is 7.46. The van der Waals surface area contributed by atoms with Gasteiger partial charge in [0.05, 0.1) is 0 Å². The number of nitrogens with two attached hydrogens (primary N) is 1. The summed E-state index contributed by atoms with van der Waals surface area (Å²) in [5.41, 5.74) is 6.79. The van der Waals surface area contributed by atoms with Crippen LogP contribution in [0, 0.1) is 11.3 Å². The molecule has 0 heterocycles. The third kappa shape index (κ3) is 3.00. The van der Waals surface area contributed by atoms with Gasteiger partial charge in [0.15, 0.2) is 0 Å². The van der Waals surface area contributed by atoms with Crippen LogP contribution in [0.3, 0.4) is 0 Å². The minimum absolute atomic E-state index is 0.495. The maximum atomic E-state index is 6.11. The summed E-state index contributed by atoms with van der Waals surface area (Å²) in [6.07, 6.45) is 15.6. The maximum absolute atomic E-state index is 6.11. The Morgan fingerprint density at radius 2 is 1.38 bits per heavy atom. The van der Waals surface area contributed by atoms with Gasteiger partial charge < -0.3 is 5.73 Å². The molecule has 94 valence electrons. The minimum atomic E-state index is 0.495. The molecule has 0 aromatic rings. The Kier molecular flexibility index (Phi) is 4.29. The second-order valence-corrected chi connectivity index (χ2v) is 6.53. The molecule has 0 bridgehead atoms. The molecule has 2 aliphatic carbocycles. The van der Waals surface area contributed by atoms with Crippen LogP contribution in [0.25, 0.3) is 0 Å². The van der Waals surface area contributed by atoms with E-state index in [4.69, 9.17) is 5.73 Å². The van der Waals surface area contributed by atoms with E-state index in [2.05, 4.69) is 6.92 Å². The lowest BCUT2D eigenvalue weighted by molar-refractivity contribution is 0.164. The first-order chi connectivity index (χ1) is 7.71. The van der Waals surface area contributed by atoms with Gasteiger partial charge in [-0.2, -0.15) is 0 Å². The van der Waals surface area contributed by atoms with Crippen molar-refractivity contribution in [1.29, 1.82) is 0 Å². The van der Waals surface area contributed by atoms with Crippen LogP contribution in [0.5, 0.6) is 0 Å². The average molecular weight is 223 g/mol. The Labute approximate surface area is 101 Å². The third-order valence-corrected chi connectivity index (χ3v) is 5.24. The van der Waals surface area contributed by atoms with Crippen LogP contribution in [0.2, 0.25) is 0 Å². The summed E-state index contributed by atoms with van der Waals surface area (Å²) in [4.78, 5) is 0. The normalized spacial score (nSPS) is 36.4. The van der Waals surface area contributed by atoms with Crippen LogP contribution in [0.4, 0.5) is 0 Å². The summed E-state index contributed by atoms with van der Waals surface area (Å²) in [7, 11) is 0. The van der Waals surface area contributed by atoms with Crippen molar-refractivity contribution in [1.82, 2.24) is 0 Å². The van der Waals surface area contributed by atoms with E-state index in [9.17, 15) is 0 Å². The summed E-state index contributed by atoms with van der Waals surface area (Å²) in [5.74, 6) is 1.00. The van der Waals surface area contributed by atoms with Crippen molar-refractivity contribution in [3.8, 4) is 0 Å². The SMILES string of the molecule is CC1(C2CCCCC(N)CCC2)CCCC1. The Hall–Kier alpha value is -0.0400. The summed E-state index contributed by atoms with van der Waals surface area (Å²) >= 11 is 0. The fourth-order valence-electron chi connectivity index (χ4n) is 4.00. The van der Waals surface area contributed by atoms with Crippen molar-refractivity contribution in [2.45, 2.75) is 83.6 Å². The molecule has 2 fully saturated rings. The molecule has 2 N–H and O–H groups in total. The largest absolute Gasteiger partial charge is 0.328 e. The van der Waals surface area contributed by atoms with E-state index in [1.54, 1.807) is 0 Å². The molecule has 0 radical (unpaired) electrons. The second-order valence-electron chi connectivity index (χ2n) is 6.53. The predicted molar refractivity (Wildman–Crippen MR) is 70.4 cm³/mol. The van der Waals surface area contributed by atoms with E-state index < -0.39 is 0 Å². The molecule has 2 aliphatic rings. The molecule has 0 aromatic heterocycles. The molecule has 0 amide bonds. The lowest BCUT2D eigenvalue weighted by atomic mass is 9.71. The highest BCUT2D eigenvalue weighted by atomic mass is 14.6. The zero-order valence-corrected chi connectivity index (χ0v) is 11.0. The highest BCUT2D eigenvalue weighted by Crippen LogP contribution is 2.48. The molecular weight excluding hydrogens is 194 g/mol. The minimum Gasteiger partial charge on any atom is -0.328 e. The molecule has 2 atom stereocenters.